The average Bonchev–Trinajstić information content (AvgIpc) is 3.16. The van der Waals surface area contributed by atoms with E-state index < -0.39 is 0 Å². The molecule has 0 fully saturated rings. The maximum atomic E-state index is 4.82. The van der Waals surface area contributed by atoms with Crippen molar-refractivity contribution >= 4 is 45.9 Å². The predicted molar refractivity (Wildman–Crippen MR) is 196 cm³/mol. The van der Waals surface area contributed by atoms with Gasteiger partial charge in [-0.25, -0.2) is 0 Å². The standard InChI is InChI=1S/C31H23BN3.C11H8N.Ir/c1-34-27-14-8-6-12-24(27)32-25-13-7-9-15-28(25)35(2)31-23(16-17-29(34)30(31)32)26-20-22(18-19-33-26)21-10-4-3-5-11-21;1-2-6-10(7-3-1)11-8-4-5-9-12-11;/h3-15,17-20H,1-2H3;1-6,8-9H;/q2*-1;. The van der Waals surface area contributed by atoms with E-state index in [1.54, 1.807) is 6.20 Å². The monoisotopic (exact) mass is 795 g/mol. The molecule has 2 aliphatic rings. The number of aromatic nitrogens is 2. The molecule has 48 heavy (non-hydrogen) atoms. The Balaban J connectivity index is 0.000000237. The molecule has 0 bridgehead atoms. The summed E-state index contributed by atoms with van der Waals surface area (Å²) in [4.78, 5) is 13.7. The SMILES string of the molecule is CN1c2ccccc2B2c3ccccc3N(C)c3c(-c4cc(-c5ccccc5)ccn4)[c-]cc1c32.[Ir].[c-]1ccccc1-c1ccccn1. The minimum Gasteiger partial charge on any atom is -0.385 e. The Morgan fingerprint density at radius 1 is 0.562 bits per heavy atom. The third-order valence-corrected chi connectivity index (χ3v) is 9.10. The molecule has 2 aromatic heterocycles. The summed E-state index contributed by atoms with van der Waals surface area (Å²) in [5.41, 5.74) is 15.2. The summed E-state index contributed by atoms with van der Waals surface area (Å²) in [6.45, 7) is 0.172. The molecule has 0 saturated heterocycles. The number of hydrogen-bond acceptors (Lipinski definition) is 4. The van der Waals surface area contributed by atoms with Crippen molar-refractivity contribution in [3.63, 3.8) is 0 Å². The van der Waals surface area contributed by atoms with Crippen LogP contribution in [0, 0.1) is 12.1 Å². The smallest absolute Gasteiger partial charge is 0.232 e. The van der Waals surface area contributed by atoms with Crippen LogP contribution in [0.15, 0.2) is 152 Å². The van der Waals surface area contributed by atoms with Crippen LogP contribution in [0.25, 0.3) is 33.6 Å². The fourth-order valence-electron chi connectivity index (χ4n) is 6.90. The summed E-state index contributed by atoms with van der Waals surface area (Å²) >= 11 is 0. The third-order valence-electron chi connectivity index (χ3n) is 9.10. The number of anilines is 4. The van der Waals surface area contributed by atoms with Gasteiger partial charge in [0.05, 0.1) is 0 Å². The second-order valence-electron chi connectivity index (χ2n) is 11.8. The average molecular weight is 795 g/mol. The number of para-hydroxylation sites is 2. The maximum Gasteiger partial charge on any atom is 0.232 e. The summed E-state index contributed by atoms with van der Waals surface area (Å²) in [6, 6.07) is 54.9. The van der Waals surface area contributed by atoms with Gasteiger partial charge in [0.1, 0.15) is 0 Å². The second kappa shape index (κ2) is 13.4. The molecule has 4 nitrogen and oxygen atoms in total. The molecule has 0 N–H and O–H groups in total. The summed E-state index contributed by atoms with van der Waals surface area (Å²) in [5, 5.41) is 0. The first-order valence-electron chi connectivity index (χ1n) is 15.8. The van der Waals surface area contributed by atoms with Gasteiger partial charge in [-0.2, -0.15) is 0 Å². The number of rotatable bonds is 3. The molecule has 4 heterocycles. The van der Waals surface area contributed by atoms with E-state index in [0.29, 0.717) is 0 Å². The van der Waals surface area contributed by atoms with E-state index in [2.05, 4.69) is 132 Å². The molecule has 7 aromatic rings. The van der Waals surface area contributed by atoms with Crippen molar-refractivity contribution in [2.75, 3.05) is 23.9 Å². The number of pyridine rings is 2. The Hall–Kier alpha value is -5.29. The van der Waals surface area contributed by atoms with E-state index >= 15 is 0 Å². The van der Waals surface area contributed by atoms with Crippen molar-refractivity contribution in [1.82, 2.24) is 9.97 Å². The van der Waals surface area contributed by atoms with Gasteiger partial charge in [0.2, 0.25) is 6.71 Å². The van der Waals surface area contributed by atoms with Crippen LogP contribution in [0.5, 0.6) is 0 Å². The van der Waals surface area contributed by atoms with Crippen LogP contribution in [0.3, 0.4) is 0 Å². The molecule has 233 valence electrons. The van der Waals surface area contributed by atoms with Crippen LogP contribution >= 0.6 is 0 Å². The predicted octanol–water partition coefficient (Wildman–Crippen LogP) is 7.44. The number of nitrogens with zero attached hydrogens (tertiary/aromatic N) is 4. The van der Waals surface area contributed by atoms with Gasteiger partial charge in [-0.15, -0.1) is 59.1 Å². The van der Waals surface area contributed by atoms with E-state index in [-0.39, 0.29) is 26.8 Å². The van der Waals surface area contributed by atoms with E-state index in [9.17, 15) is 0 Å². The van der Waals surface area contributed by atoms with E-state index in [0.717, 1.165) is 28.1 Å². The second-order valence-corrected chi connectivity index (χ2v) is 11.8. The topological polar surface area (TPSA) is 32.3 Å². The Morgan fingerprint density at radius 2 is 1.23 bits per heavy atom. The van der Waals surface area contributed by atoms with Crippen molar-refractivity contribution in [3.05, 3.63) is 164 Å². The first kappa shape index (κ1) is 31.3. The van der Waals surface area contributed by atoms with Gasteiger partial charge in [0.25, 0.3) is 0 Å². The van der Waals surface area contributed by atoms with Gasteiger partial charge < -0.3 is 19.8 Å². The van der Waals surface area contributed by atoms with Crippen molar-refractivity contribution < 1.29 is 20.1 Å². The molecule has 0 amide bonds. The molecular weight excluding hydrogens is 764 g/mol. The first-order valence-corrected chi connectivity index (χ1v) is 15.8. The molecule has 6 heteroatoms. The zero-order valence-corrected chi connectivity index (χ0v) is 29.0. The molecule has 0 saturated carbocycles. The summed E-state index contributed by atoms with van der Waals surface area (Å²) in [6.07, 6.45) is 3.70. The Labute approximate surface area is 296 Å². The Bertz CT molecular complexity index is 2140. The van der Waals surface area contributed by atoms with Crippen LogP contribution in [-0.4, -0.2) is 30.8 Å². The molecule has 0 aliphatic carbocycles. The molecule has 0 unspecified atom stereocenters. The molecule has 0 spiro atoms. The minimum atomic E-state index is 0. The maximum absolute atomic E-state index is 4.82. The number of benzene rings is 5. The zero-order valence-electron chi connectivity index (χ0n) is 26.6. The normalized spacial score (nSPS) is 12.1. The van der Waals surface area contributed by atoms with E-state index in [1.165, 1.54) is 44.7 Å². The summed E-state index contributed by atoms with van der Waals surface area (Å²) in [7, 11) is 4.33. The van der Waals surface area contributed by atoms with E-state index in [4.69, 9.17) is 4.98 Å². The fourth-order valence-corrected chi connectivity index (χ4v) is 6.90. The van der Waals surface area contributed by atoms with Crippen molar-refractivity contribution in [2.24, 2.45) is 0 Å². The molecule has 2 aliphatic heterocycles. The first-order chi connectivity index (χ1) is 23.2. The van der Waals surface area contributed by atoms with E-state index in [1.807, 2.05) is 54.7 Å². The van der Waals surface area contributed by atoms with Crippen LogP contribution in [-0.2, 0) is 20.1 Å². The minimum absolute atomic E-state index is 0. The number of hydrogen-bond donors (Lipinski definition) is 0. The van der Waals surface area contributed by atoms with Gasteiger partial charge in [0.15, 0.2) is 0 Å². The van der Waals surface area contributed by atoms with Crippen molar-refractivity contribution in [2.45, 2.75) is 0 Å². The van der Waals surface area contributed by atoms with Crippen LogP contribution in [0.4, 0.5) is 22.7 Å². The molecule has 9 rings (SSSR count). The van der Waals surface area contributed by atoms with Gasteiger partial charge in [-0.1, -0.05) is 84.9 Å². The van der Waals surface area contributed by atoms with Crippen LogP contribution in [0.1, 0.15) is 0 Å². The Kier molecular flexibility index (Phi) is 8.77. The molecular formula is C42H31BIrN4-2. The quantitative estimate of drug-likeness (QED) is 0.138. The number of fused-ring (bicyclic) bond motifs is 4. The summed E-state index contributed by atoms with van der Waals surface area (Å²) in [5.74, 6) is 0. The van der Waals surface area contributed by atoms with Gasteiger partial charge in [0, 0.05) is 58.0 Å². The van der Waals surface area contributed by atoms with Crippen molar-refractivity contribution in [1.29, 1.82) is 0 Å². The molecule has 0 atom stereocenters. The van der Waals surface area contributed by atoms with Crippen molar-refractivity contribution in [3.8, 4) is 33.6 Å². The largest absolute Gasteiger partial charge is 0.385 e. The van der Waals surface area contributed by atoms with Crippen LogP contribution < -0.4 is 26.2 Å². The van der Waals surface area contributed by atoms with Crippen LogP contribution in [0.2, 0.25) is 0 Å². The summed E-state index contributed by atoms with van der Waals surface area (Å²) < 4.78 is 0. The molecule has 5 aromatic carbocycles. The van der Waals surface area contributed by atoms with Gasteiger partial charge >= 0.3 is 0 Å². The van der Waals surface area contributed by atoms with Gasteiger partial charge in [-0.05, 0) is 69.1 Å². The van der Waals surface area contributed by atoms with Gasteiger partial charge in [-0.3, -0.25) is 0 Å². The molecule has 1 radical (unpaired) electrons. The zero-order chi connectivity index (χ0) is 31.7. The fraction of sp³-hybridized carbons (Fsp3) is 0.0476. The Morgan fingerprint density at radius 3 is 1.94 bits per heavy atom. The third kappa shape index (κ3) is 5.53.